The molecule has 110 valence electrons. The van der Waals surface area contributed by atoms with Crippen molar-refractivity contribution >= 4 is 5.96 Å². The second-order valence-electron chi connectivity index (χ2n) is 5.32. The first-order chi connectivity index (χ1) is 9.26. The molecule has 0 aliphatic carbocycles. The minimum absolute atomic E-state index is 0.0872. The molecule has 0 aromatic rings. The van der Waals surface area contributed by atoms with Crippen LogP contribution in [0.15, 0.2) is 4.99 Å². The van der Waals surface area contributed by atoms with Gasteiger partial charge in [0.15, 0.2) is 5.96 Å². The van der Waals surface area contributed by atoms with Gasteiger partial charge in [-0.15, -0.1) is 0 Å². The van der Waals surface area contributed by atoms with E-state index in [1.54, 1.807) is 7.11 Å². The fourth-order valence-electron chi connectivity index (χ4n) is 2.60. The zero-order valence-corrected chi connectivity index (χ0v) is 11.8. The summed E-state index contributed by atoms with van der Waals surface area (Å²) in [5.41, 5.74) is 6.16. The smallest absolute Gasteiger partial charge is 0.191 e. The van der Waals surface area contributed by atoms with Crippen LogP contribution in [-0.2, 0) is 14.2 Å². The molecule has 6 heteroatoms. The molecule has 0 aromatic carbocycles. The van der Waals surface area contributed by atoms with Crippen molar-refractivity contribution < 1.29 is 14.2 Å². The molecule has 0 spiro atoms. The van der Waals surface area contributed by atoms with E-state index in [0.717, 1.165) is 59.0 Å². The molecule has 19 heavy (non-hydrogen) atoms. The van der Waals surface area contributed by atoms with Gasteiger partial charge in [0.1, 0.15) is 0 Å². The third kappa shape index (κ3) is 4.06. The summed E-state index contributed by atoms with van der Waals surface area (Å²) < 4.78 is 16.1. The SMILES string of the molecule is COCC1(CN=C(N)N2CCOCC2)CCOCC1. The van der Waals surface area contributed by atoms with Crippen molar-refractivity contribution in [3.05, 3.63) is 0 Å². The third-order valence-corrected chi connectivity index (χ3v) is 3.92. The van der Waals surface area contributed by atoms with Crippen LogP contribution in [0.25, 0.3) is 0 Å². The Balaban J connectivity index is 1.92. The van der Waals surface area contributed by atoms with E-state index < -0.39 is 0 Å². The number of methoxy groups -OCH3 is 1. The number of aliphatic imine (C=N–C) groups is 1. The van der Waals surface area contributed by atoms with Crippen molar-refractivity contribution in [3.63, 3.8) is 0 Å². The summed E-state index contributed by atoms with van der Waals surface area (Å²) in [5, 5.41) is 0. The van der Waals surface area contributed by atoms with Gasteiger partial charge in [0, 0.05) is 38.8 Å². The highest BCUT2D eigenvalue weighted by molar-refractivity contribution is 5.78. The van der Waals surface area contributed by atoms with Crippen LogP contribution in [0.2, 0.25) is 0 Å². The van der Waals surface area contributed by atoms with Crippen LogP contribution in [0.1, 0.15) is 12.8 Å². The van der Waals surface area contributed by atoms with Gasteiger partial charge >= 0.3 is 0 Å². The molecule has 0 amide bonds. The van der Waals surface area contributed by atoms with Crippen LogP contribution in [-0.4, -0.2) is 70.6 Å². The van der Waals surface area contributed by atoms with Gasteiger partial charge in [-0.2, -0.15) is 0 Å². The Morgan fingerprint density at radius 3 is 2.47 bits per heavy atom. The van der Waals surface area contributed by atoms with Gasteiger partial charge in [0.2, 0.25) is 0 Å². The van der Waals surface area contributed by atoms with Crippen molar-refractivity contribution in [2.24, 2.45) is 16.1 Å². The van der Waals surface area contributed by atoms with Gasteiger partial charge < -0.3 is 24.8 Å². The predicted molar refractivity (Wildman–Crippen MR) is 73.2 cm³/mol. The Morgan fingerprint density at radius 2 is 1.84 bits per heavy atom. The van der Waals surface area contributed by atoms with Gasteiger partial charge in [-0.05, 0) is 12.8 Å². The number of hydrogen-bond acceptors (Lipinski definition) is 4. The minimum Gasteiger partial charge on any atom is -0.384 e. The molecule has 2 rings (SSSR count). The van der Waals surface area contributed by atoms with E-state index in [9.17, 15) is 0 Å². The second-order valence-corrected chi connectivity index (χ2v) is 5.32. The Hall–Kier alpha value is -0.850. The largest absolute Gasteiger partial charge is 0.384 e. The zero-order chi connectivity index (χ0) is 13.6. The first kappa shape index (κ1) is 14.6. The molecule has 2 heterocycles. The van der Waals surface area contributed by atoms with Crippen molar-refractivity contribution in [3.8, 4) is 0 Å². The minimum atomic E-state index is 0.0872. The molecule has 2 aliphatic heterocycles. The molecule has 0 unspecified atom stereocenters. The zero-order valence-electron chi connectivity index (χ0n) is 11.8. The van der Waals surface area contributed by atoms with E-state index >= 15 is 0 Å². The summed E-state index contributed by atoms with van der Waals surface area (Å²) >= 11 is 0. The lowest BCUT2D eigenvalue weighted by Gasteiger charge is -2.36. The highest BCUT2D eigenvalue weighted by Gasteiger charge is 2.32. The number of morpholine rings is 1. The van der Waals surface area contributed by atoms with E-state index in [4.69, 9.17) is 19.9 Å². The maximum absolute atomic E-state index is 6.07. The molecule has 0 aromatic heterocycles. The standard InChI is InChI=1S/C13H25N3O3/c1-17-11-13(2-6-18-7-3-13)10-15-12(14)16-4-8-19-9-5-16/h2-11H2,1H3,(H2,14,15). The Labute approximate surface area is 114 Å². The molecule has 2 N–H and O–H groups in total. The number of guanidine groups is 1. The lowest BCUT2D eigenvalue weighted by molar-refractivity contribution is -0.0225. The number of hydrogen-bond donors (Lipinski definition) is 1. The normalized spacial score (nSPS) is 24.5. The average Bonchev–Trinajstić information content (AvgIpc) is 2.47. The van der Waals surface area contributed by atoms with Crippen LogP contribution >= 0.6 is 0 Å². The molecular weight excluding hydrogens is 246 g/mol. The van der Waals surface area contributed by atoms with Gasteiger partial charge in [-0.1, -0.05) is 0 Å². The van der Waals surface area contributed by atoms with E-state index in [0.29, 0.717) is 12.5 Å². The van der Waals surface area contributed by atoms with Gasteiger partial charge in [0.25, 0.3) is 0 Å². The summed E-state index contributed by atoms with van der Waals surface area (Å²) in [6.07, 6.45) is 1.97. The molecule has 2 aliphatic rings. The second kappa shape index (κ2) is 7.07. The van der Waals surface area contributed by atoms with E-state index in [-0.39, 0.29) is 5.41 Å². The monoisotopic (exact) mass is 271 g/mol. The molecule has 2 fully saturated rings. The quantitative estimate of drug-likeness (QED) is 0.579. The molecular formula is C13H25N3O3. The maximum Gasteiger partial charge on any atom is 0.191 e. The fraction of sp³-hybridized carbons (Fsp3) is 0.923. The van der Waals surface area contributed by atoms with Crippen molar-refractivity contribution in [1.29, 1.82) is 0 Å². The summed E-state index contributed by atoms with van der Waals surface area (Å²) in [6.45, 7) is 6.13. The summed E-state index contributed by atoms with van der Waals surface area (Å²) in [7, 11) is 1.74. The highest BCUT2D eigenvalue weighted by atomic mass is 16.5. The Morgan fingerprint density at radius 1 is 1.21 bits per heavy atom. The topological polar surface area (TPSA) is 69.3 Å². The van der Waals surface area contributed by atoms with Gasteiger partial charge in [0.05, 0.1) is 26.4 Å². The number of nitrogens with two attached hydrogens (primary N) is 1. The lowest BCUT2D eigenvalue weighted by Crippen LogP contribution is -2.46. The molecule has 0 radical (unpaired) electrons. The Kier molecular flexibility index (Phi) is 5.42. The first-order valence-electron chi connectivity index (χ1n) is 6.95. The first-order valence-corrected chi connectivity index (χ1v) is 6.95. The van der Waals surface area contributed by atoms with E-state index in [1.807, 2.05) is 0 Å². The van der Waals surface area contributed by atoms with Crippen molar-refractivity contribution in [2.75, 3.05) is 59.8 Å². The molecule has 0 bridgehead atoms. The van der Waals surface area contributed by atoms with Crippen LogP contribution in [0.4, 0.5) is 0 Å². The van der Waals surface area contributed by atoms with E-state index in [2.05, 4.69) is 9.89 Å². The number of rotatable bonds is 4. The van der Waals surface area contributed by atoms with Crippen molar-refractivity contribution in [2.45, 2.75) is 12.8 Å². The van der Waals surface area contributed by atoms with Crippen LogP contribution in [0, 0.1) is 5.41 Å². The molecule has 2 saturated heterocycles. The molecule has 0 atom stereocenters. The number of ether oxygens (including phenoxy) is 3. The van der Waals surface area contributed by atoms with Crippen molar-refractivity contribution in [1.82, 2.24) is 4.90 Å². The summed E-state index contributed by atoms with van der Waals surface area (Å²) in [6, 6.07) is 0. The van der Waals surface area contributed by atoms with Crippen LogP contribution < -0.4 is 5.73 Å². The maximum atomic E-state index is 6.07. The van der Waals surface area contributed by atoms with E-state index in [1.165, 1.54) is 0 Å². The molecule has 0 saturated carbocycles. The van der Waals surface area contributed by atoms with Gasteiger partial charge in [-0.3, -0.25) is 4.99 Å². The average molecular weight is 271 g/mol. The Bertz CT molecular complexity index is 292. The highest BCUT2D eigenvalue weighted by Crippen LogP contribution is 2.31. The van der Waals surface area contributed by atoms with Crippen LogP contribution in [0.5, 0.6) is 0 Å². The third-order valence-electron chi connectivity index (χ3n) is 3.92. The fourth-order valence-corrected chi connectivity index (χ4v) is 2.60. The summed E-state index contributed by atoms with van der Waals surface area (Å²) in [4.78, 5) is 6.68. The lowest BCUT2D eigenvalue weighted by atomic mass is 9.81. The predicted octanol–water partition coefficient (Wildman–Crippen LogP) is 0.0765. The molecule has 6 nitrogen and oxygen atoms in total. The van der Waals surface area contributed by atoms with Crippen LogP contribution in [0.3, 0.4) is 0 Å². The van der Waals surface area contributed by atoms with Gasteiger partial charge in [-0.25, -0.2) is 0 Å². The summed E-state index contributed by atoms with van der Waals surface area (Å²) in [5.74, 6) is 0.630. The number of nitrogens with zero attached hydrogens (tertiary/aromatic N) is 2.